The largest absolute Gasteiger partial charge is 0.336 e. The molecule has 1 amide bonds. The van der Waals surface area contributed by atoms with Crippen molar-refractivity contribution >= 4 is 29.7 Å². The first kappa shape index (κ1) is 14.5. The second-order valence-electron chi connectivity index (χ2n) is 4.16. The Bertz CT molecular complexity index is 342. The highest BCUT2D eigenvalue weighted by molar-refractivity contribution is 7.07. The van der Waals surface area contributed by atoms with Crippen molar-refractivity contribution in [3.8, 4) is 0 Å². The third-order valence-electron chi connectivity index (χ3n) is 3.09. The summed E-state index contributed by atoms with van der Waals surface area (Å²) in [6.07, 6.45) is 2.85. The molecule has 0 bridgehead atoms. The first-order valence-corrected chi connectivity index (χ1v) is 6.73. The Morgan fingerprint density at radius 1 is 1.65 bits per heavy atom. The average molecular weight is 275 g/mol. The molecular formula is C12H19ClN2OS. The van der Waals surface area contributed by atoms with Gasteiger partial charge in [-0.1, -0.05) is 0 Å². The van der Waals surface area contributed by atoms with Gasteiger partial charge in [0.05, 0.1) is 6.04 Å². The molecule has 1 aliphatic heterocycles. The van der Waals surface area contributed by atoms with Crippen molar-refractivity contribution in [2.75, 3.05) is 20.1 Å². The number of rotatable bonds is 4. The number of nitrogens with zero attached hydrogens (tertiary/aromatic N) is 1. The molecule has 0 saturated carbocycles. The molecule has 2 heterocycles. The van der Waals surface area contributed by atoms with Crippen LogP contribution < -0.4 is 5.32 Å². The Morgan fingerprint density at radius 2 is 2.47 bits per heavy atom. The predicted octanol–water partition coefficient (Wildman–Crippen LogP) is 2.44. The minimum Gasteiger partial charge on any atom is -0.336 e. The molecule has 1 aromatic heterocycles. The molecule has 1 saturated heterocycles. The van der Waals surface area contributed by atoms with Gasteiger partial charge < -0.3 is 10.2 Å². The molecule has 96 valence electrons. The van der Waals surface area contributed by atoms with E-state index < -0.39 is 0 Å². The Morgan fingerprint density at radius 3 is 3.12 bits per heavy atom. The van der Waals surface area contributed by atoms with Crippen LogP contribution in [0.4, 0.5) is 0 Å². The summed E-state index contributed by atoms with van der Waals surface area (Å²) in [7, 11) is 1.88. The number of carbonyl (C=O) groups excluding carboxylic acids is 1. The van der Waals surface area contributed by atoms with E-state index in [9.17, 15) is 4.79 Å². The van der Waals surface area contributed by atoms with Gasteiger partial charge in [-0.15, -0.1) is 12.4 Å². The molecule has 1 fully saturated rings. The van der Waals surface area contributed by atoms with E-state index in [0.29, 0.717) is 12.5 Å². The number of nitrogens with one attached hydrogen (secondary N) is 1. The van der Waals surface area contributed by atoms with E-state index in [2.05, 4.69) is 22.1 Å². The van der Waals surface area contributed by atoms with Crippen molar-refractivity contribution in [2.45, 2.75) is 25.3 Å². The normalized spacial score (nSPS) is 19.1. The van der Waals surface area contributed by atoms with Crippen LogP contribution in [-0.2, 0) is 4.79 Å². The maximum absolute atomic E-state index is 12.0. The first-order chi connectivity index (χ1) is 7.83. The summed E-state index contributed by atoms with van der Waals surface area (Å²) in [4.78, 5) is 14.0. The quantitative estimate of drug-likeness (QED) is 0.915. The minimum absolute atomic E-state index is 0. The molecule has 1 aromatic rings. The van der Waals surface area contributed by atoms with Crippen LogP contribution in [0.1, 0.15) is 30.9 Å². The summed E-state index contributed by atoms with van der Waals surface area (Å²) in [5.74, 6) is 0.281. The van der Waals surface area contributed by atoms with Crippen LogP contribution in [0.2, 0.25) is 0 Å². The first-order valence-electron chi connectivity index (χ1n) is 5.79. The standard InChI is InChI=1S/C12H18N2OS.ClH/c1-13-6-4-12(15)14-7-2-3-11(14)10-5-8-16-9-10;/h5,8-9,11,13H,2-4,6-7H2,1H3;1H. The lowest BCUT2D eigenvalue weighted by Crippen LogP contribution is -2.32. The molecule has 1 atom stereocenters. The third kappa shape index (κ3) is 3.44. The Hall–Kier alpha value is -0.580. The summed E-state index contributed by atoms with van der Waals surface area (Å²) in [5.41, 5.74) is 1.31. The molecule has 1 unspecified atom stereocenters. The average Bonchev–Trinajstić information content (AvgIpc) is 2.94. The van der Waals surface area contributed by atoms with E-state index in [0.717, 1.165) is 25.9 Å². The molecule has 1 aliphatic rings. The highest BCUT2D eigenvalue weighted by atomic mass is 35.5. The van der Waals surface area contributed by atoms with E-state index in [1.807, 2.05) is 11.9 Å². The van der Waals surface area contributed by atoms with Crippen LogP contribution in [-0.4, -0.2) is 30.9 Å². The van der Waals surface area contributed by atoms with Gasteiger partial charge in [-0.05, 0) is 42.3 Å². The number of thiophene rings is 1. The minimum atomic E-state index is 0. The van der Waals surface area contributed by atoms with Gasteiger partial charge in [-0.25, -0.2) is 0 Å². The number of hydrogen-bond acceptors (Lipinski definition) is 3. The topological polar surface area (TPSA) is 32.3 Å². The van der Waals surface area contributed by atoms with Gasteiger partial charge in [0.25, 0.3) is 0 Å². The van der Waals surface area contributed by atoms with Crippen molar-refractivity contribution in [2.24, 2.45) is 0 Å². The molecule has 0 aliphatic carbocycles. The van der Waals surface area contributed by atoms with E-state index in [1.54, 1.807) is 11.3 Å². The maximum atomic E-state index is 12.0. The molecule has 17 heavy (non-hydrogen) atoms. The molecule has 0 radical (unpaired) electrons. The highest BCUT2D eigenvalue weighted by Crippen LogP contribution is 2.33. The SMILES string of the molecule is CNCCC(=O)N1CCCC1c1ccsc1.Cl. The summed E-state index contributed by atoms with van der Waals surface area (Å²) in [5, 5.41) is 7.27. The molecule has 1 N–H and O–H groups in total. The summed E-state index contributed by atoms with van der Waals surface area (Å²) >= 11 is 1.71. The zero-order valence-corrected chi connectivity index (χ0v) is 11.6. The fourth-order valence-corrected chi connectivity index (χ4v) is 2.96. The predicted molar refractivity (Wildman–Crippen MR) is 73.8 cm³/mol. The van der Waals surface area contributed by atoms with Crippen molar-refractivity contribution in [1.29, 1.82) is 0 Å². The second-order valence-corrected chi connectivity index (χ2v) is 4.94. The number of halogens is 1. The van der Waals surface area contributed by atoms with Gasteiger partial charge in [0.2, 0.25) is 5.91 Å². The fourth-order valence-electron chi connectivity index (χ4n) is 2.25. The fraction of sp³-hybridized carbons (Fsp3) is 0.583. The van der Waals surface area contributed by atoms with Crippen molar-refractivity contribution in [3.05, 3.63) is 22.4 Å². The van der Waals surface area contributed by atoms with Crippen LogP contribution in [0.3, 0.4) is 0 Å². The van der Waals surface area contributed by atoms with Crippen molar-refractivity contribution in [1.82, 2.24) is 10.2 Å². The van der Waals surface area contributed by atoms with Crippen LogP contribution in [0.5, 0.6) is 0 Å². The molecule has 3 nitrogen and oxygen atoms in total. The number of likely N-dealkylation sites (tertiary alicyclic amines) is 1. The van der Waals surface area contributed by atoms with E-state index in [1.165, 1.54) is 5.56 Å². The second kappa shape index (κ2) is 6.99. The molecule has 2 rings (SSSR count). The monoisotopic (exact) mass is 274 g/mol. The summed E-state index contributed by atoms with van der Waals surface area (Å²) in [6, 6.07) is 2.47. The Kier molecular flexibility index (Phi) is 5.95. The molecule has 0 spiro atoms. The molecule has 0 aromatic carbocycles. The van der Waals surface area contributed by atoms with Crippen molar-refractivity contribution < 1.29 is 4.79 Å². The zero-order valence-electron chi connectivity index (χ0n) is 10.0. The Labute approximate surface area is 113 Å². The molecule has 5 heteroatoms. The lowest BCUT2D eigenvalue weighted by atomic mass is 10.1. The lowest BCUT2D eigenvalue weighted by Gasteiger charge is -2.24. The van der Waals surface area contributed by atoms with Crippen LogP contribution in [0.15, 0.2) is 16.8 Å². The van der Waals surface area contributed by atoms with Crippen LogP contribution in [0.25, 0.3) is 0 Å². The van der Waals surface area contributed by atoms with Gasteiger partial charge in [0.15, 0.2) is 0 Å². The third-order valence-corrected chi connectivity index (χ3v) is 3.79. The van der Waals surface area contributed by atoms with Gasteiger partial charge in [-0.3, -0.25) is 4.79 Å². The number of carbonyl (C=O) groups is 1. The zero-order chi connectivity index (χ0) is 11.4. The summed E-state index contributed by atoms with van der Waals surface area (Å²) in [6.45, 7) is 1.69. The van der Waals surface area contributed by atoms with Gasteiger partial charge in [0, 0.05) is 19.5 Å². The summed E-state index contributed by atoms with van der Waals surface area (Å²) < 4.78 is 0. The lowest BCUT2D eigenvalue weighted by molar-refractivity contribution is -0.132. The van der Waals surface area contributed by atoms with Gasteiger partial charge in [0.1, 0.15) is 0 Å². The molecular weight excluding hydrogens is 256 g/mol. The van der Waals surface area contributed by atoms with Crippen molar-refractivity contribution in [3.63, 3.8) is 0 Å². The highest BCUT2D eigenvalue weighted by Gasteiger charge is 2.29. The Balaban J connectivity index is 0.00000144. The van der Waals surface area contributed by atoms with Gasteiger partial charge >= 0.3 is 0 Å². The maximum Gasteiger partial charge on any atom is 0.224 e. The van der Waals surface area contributed by atoms with Crippen LogP contribution >= 0.6 is 23.7 Å². The van der Waals surface area contributed by atoms with Gasteiger partial charge in [-0.2, -0.15) is 11.3 Å². The van der Waals surface area contributed by atoms with E-state index in [-0.39, 0.29) is 18.3 Å². The van der Waals surface area contributed by atoms with E-state index in [4.69, 9.17) is 0 Å². The number of amides is 1. The smallest absolute Gasteiger partial charge is 0.224 e. The van der Waals surface area contributed by atoms with E-state index >= 15 is 0 Å². The van der Waals surface area contributed by atoms with Crippen LogP contribution in [0, 0.1) is 0 Å². The number of hydrogen-bond donors (Lipinski definition) is 1.